The second kappa shape index (κ2) is 7.24. The zero-order chi connectivity index (χ0) is 16.2. The number of aliphatic hydroxyl groups is 1. The van der Waals surface area contributed by atoms with Crippen molar-refractivity contribution in [1.82, 2.24) is 4.72 Å². The van der Waals surface area contributed by atoms with E-state index < -0.39 is 16.1 Å². The van der Waals surface area contributed by atoms with Gasteiger partial charge in [-0.1, -0.05) is 35.9 Å². The highest BCUT2D eigenvalue weighted by molar-refractivity contribution is 7.89. The van der Waals surface area contributed by atoms with Crippen LogP contribution in [0.25, 0.3) is 0 Å². The largest absolute Gasteiger partial charge is 0.388 e. The van der Waals surface area contributed by atoms with Crippen molar-refractivity contribution in [2.75, 3.05) is 6.54 Å². The van der Waals surface area contributed by atoms with Gasteiger partial charge in [0, 0.05) is 11.6 Å². The molecule has 0 saturated carbocycles. The number of aliphatic hydroxyl groups excluding tert-OH is 1. The Balaban J connectivity index is 1.95. The molecular formula is C16H18ClNO3S. The quantitative estimate of drug-likeness (QED) is 0.850. The van der Waals surface area contributed by atoms with Crippen molar-refractivity contribution in [3.8, 4) is 0 Å². The van der Waals surface area contributed by atoms with Crippen LogP contribution >= 0.6 is 11.6 Å². The molecule has 0 aromatic heterocycles. The molecule has 6 heteroatoms. The molecule has 0 aliphatic carbocycles. The molecule has 1 unspecified atom stereocenters. The van der Waals surface area contributed by atoms with Crippen LogP contribution in [0.5, 0.6) is 0 Å². The Labute approximate surface area is 135 Å². The zero-order valence-corrected chi connectivity index (χ0v) is 13.7. The molecule has 0 aliphatic rings. The molecule has 0 aliphatic heterocycles. The second-order valence-corrected chi connectivity index (χ2v) is 7.28. The summed E-state index contributed by atoms with van der Waals surface area (Å²) in [5.41, 5.74) is 1.55. The van der Waals surface area contributed by atoms with E-state index in [1.165, 1.54) is 0 Å². The number of rotatable bonds is 6. The summed E-state index contributed by atoms with van der Waals surface area (Å²) in [5, 5.41) is 10.6. The third kappa shape index (κ3) is 4.55. The fourth-order valence-electron chi connectivity index (χ4n) is 2.08. The van der Waals surface area contributed by atoms with Gasteiger partial charge < -0.3 is 5.11 Å². The van der Waals surface area contributed by atoms with E-state index in [9.17, 15) is 13.5 Å². The van der Waals surface area contributed by atoms with Crippen molar-refractivity contribution in [2.45, 2.75) is 24.3 Å². The number of halogens is 1. The summed E-state index contributed by atoms with van der Waals surface area (Å²) < 4.78 is 26.8. The molecule has 1 atom stereocenters. The van der Waals surface area contributed by atoms with E-state index in [1.54, 1.807) is 42.5 Å². The number of sulfonamides is 1. The number of hydrogen-bond acceptors (Lipinski definition) is 3. The first-order chi connectivity index (χ1) is 10.4. The molecule has 0 radical (unpaired) electrons. The minimum Gasteiger partial charge on any atom is -0.388 e. The van der Waals surface area contributed by atoms with Gasteiger partial charge >= 0.3 is 0 Å². The standard InChI is InChI=1S/C16H18ClNO3S/c1-12-4-2-7-15(10-12)22(20,21)18-9-8-16(19)13-5-3-6-14(17)11-13/h2-7,10-11,16,18-19H,8-9H2,1H3. The number of nitrogens with one attached hydrogen (secondary N) is 1. The highest BCUT2D eigenvalue weighted by atomic mass is 35.5. The van der Waals surface area contributed by atoms with Gasteiger partial charge in [0.25, 0.3) is 0 Å². The van der Waals surface area contributed by atoms with Crippen LogP contribution in [0.4, 0.5) is 0 Å². The third-order valence-electron chi connectivity index (χ3n) is 3.24. The third-order valence-corrected chi connectivity index (χ3v) is 4.94. The van der Waals surface area contributed by atoms with Crippen molar-refractivity contribution in [1.29, 1.82) is 0 Å². The molecule has 0 bridgehead atoms. The first kappa shape index (κ1) is 17.0. The van der Waals surface area contributed by atoms with Crippen molar-refractivity contribution in [2.24, 2.45) is 0 Å². The van der Waals surface area contributed by atoms with Crippen LogP contribution in [0.2, 0.25) is 5.02 Å². The summed E-state index contributed by atoms with van der Waals surface area (Å²) >= 11 is 5.87. The van der Waals surface area contributed by atoms with Crippen LogP contribution in [0.15, 0.2) is 53.4 Å². The maximum Gasteiger partial charge on any atom is 0.240 e. The van der Waals surface area contributed by atoms with Crippen LogP contribution in [0.1, 0.15) is 23.7 Å². The highest BCUT2D eigenvalue weighted by Crippen LogP contribution is 2.20. The van der Waals surface area contributed by atoms with E-state index >= 15 is 0 Å². The summed E-state index contributed by atoms with van der Waals surface area (Å²) in [4.78, 5) is 0.227. The maximum absolute atomic E-state index is 12.1. The topological polar surface area (TPSA) is 66.4 Å². The van der Waals surface area contributed by atoms with Gasteiger partial charge in [-0.25, -0.2) is 13.1 Å². The fraction of sp³-hybridized carbons (Fsp3) is 0.250. The zero-order valence-electron chi connectivity index (χ0n) is 12.2. The van der Waals surface area contributed by atoms with E-state index in [-0.39, 0.29) is 17.9 Å². The summed E-state index contributed by atoms with van der Waals surface area (Å²) in [7, 11) is -3.56. The van der Waals surface area contributed by atoms with Crippen molar-refractivity contribution >= 4 is 21.6 Å². The number of hydrogen-bond donors (Lipinski definition) is 2. The summed E-state index contributed by atoms with van der Waals surface area (Å²) in [6, 6.07) is 13.6. The van der Waals surface area contributed by atoms with Gasteiger partial charge in [-0.05, 0) is 48.7 Å². The minimum absolute atomic E-state index is 0.143. The molecule has 2 N–H and O–H groups in total. The minimum atomic E-state index is -3.56. The van der Waals surface area contributed by atoms with E-state index in [2.05, 4.69) is 4.72 Å². The summed E-state index contributed by atoms with van der Waals surface area (Å²) in [6.45, 7) is 1.98. The van der Waals surface area contributed by atoms with E-state index in [1.807, 2.05) is 13.0 Å². The molecule has 2 rings (SSSR count). The average Bonchev–Trinajstić information content (AvgIpc) is 2.47. The predicted octanol–water partition coefficient (Wildman–Crippen LogP) is 3.05. The predicted molar refractivity (Wildman–Crippen MR) is 87.4 cm³/mol. The molecule has 0 heterocycles. The molecule has 2 aromatic rings. The molecule has 4 nitrogen and oxygen atoms in total. The Bertz CT molecular complexity index is 747. The Morgan fingerprint density at radius 2 is 1.91 bits per heavy atom. The lowest BCUT2D eigenvalue weighted by Gasteiger charge is -2.12. The lowest BCUT2D eigenvalue weighted by Crippen LogP contribution is -2.26. The fourth-order valence-corrected chi connectivity index (χ4v) is 3.43. The average molecular weight is 340 g/mol. The van der Waals surface area contributed by atoms with Gasteiger partial charge in [0.1, 0.15) is 0 Å². The first-order valence-electron chi connectivity index (χ1n) is 6.88. The molecule has 118 valence electrons. The monoisotopic (exact) mass is 339 g/mol. The van der Waals surface area contributed by atoms with Crippen LogP contribution in [0, 0.1) is 6.92 Å². The first-order valence-corrected chi connectivity index (χ1v) is 8.74. The Morgan fingerprint density at radius 1 is 1.18 bits per heavy atom. The molecule has 22 heavy (non-hydrogen) atoms. The van der Waals surface area contributed by atoms with Crippen molar-refractivity contribution in [3.63, 3.8) is 0 Å². The molecular weight excluding hydrogens is 322 g/mol. The number of aryl methyl sites for hydroxylation is 1. The Hall–Kier alpha value is -1.40. The van der Waals surface area contributed by atoms with Crippen LogP contribution in [-0.4, -0.2) is 20.1 Å². The van der Waals surface area contributed by atoms with E-state index in [0.717, 1.165) is 5.56 Å². The molecule has 2 aromatic carbocycles. The van der Waals surface area contributed by atoms with Crippen LogP contribution in [0.3, 0.4) is 0 Å². The van der Waals surface area contributed by atoms with Crippen molar-refractivity contribution in [3.05, 3.63) is 64.7 Å². The van der Waals surface area contributed by atoms with Crippen LogP contribution in [-0.2, 0) is 10.0 Å². The van der Waals surface area contributed by atoms with E-state index in [0.29, 0.717) is 10.6 Å². The second-order valence-electron chi connectivity index (χ2n) is 5.07. The van der Waals surface area contributed by atoms with E-state index in [4.69, 9.17) is 11.6 Å². The smallest absolute Gasteiger partial charge is 0.240 e. The van der Waals surface area contributed by atoms with Gasteiger partial charge in [0.15, 0.2) is 0 Å². The van der Waals surface area contributed by atoms with Gasteiger partial charge in [0.05, 0.1) is 11.0 Å². The maximum atomic E-state index is 12.1. The SMILES string of the molecule is Cc1cccc(S(=O)(=O)NCCC(O)c2cccc(Cl)c2)c1. The normalized spacial score (nSPS) is 13.0. The van der Waals surface area contributed by atoms with Crippen molar-refractivity contribution < 1.29 is 13.5 Å². The van der Waals surface area contributed by atoms with Gasteiger partial charge in [-0.15, -0.1) is 0 Å². The van der Waals surface area contributed by atoms with Gasteiger partial charge in [0.2, 0.25) is 10.0 Å². The Morgan fingerprint density at radius 3 is 2.59 bits per heavy atom. The Kier molecular flexibility index (Phi) is 5.58. The molecule has 0 amide bonds. The lowest BCUT2D eigenvalue weighted by atomic mass is 10.1. The highest BCUT2D eigenvalue weighted by Gasteiger charge is 2.15. The summed E-state index contributed by atoms with van der Waals surface area (Å²) in [6.07, 6.45) is -0.496. The lowest BCUT2D eigenvalue weighted by molar-refractivity contribution is 0.169. The van der Waals surface area contributed by atoms with Gasteiger partial charge in [-0.2, -0.15) is 0 Å². The molecule has 0 spiro atoms. The summed E-state index contributed by atoms with van der Waals surface area (Å²) in [5.74, 6) is 0. The molecule has 0 fully saturated rings. The number of benzene rings is 2. The van der Waals surface area contributed by atoms with Crippen LogP contribution < -0.4 is 4.72 Å². The molecule has 0 saturated heterocycles. The van der Waals surface area contributed by atoms with Gasteiger partial charge in [-0.3, -0.25) is 0 Å².